The smallest absolute Gasteiger partial charge is 0.325 e. The molecule has 6 nitrogen and oxygen atoms in total. The van der Waals surface area contributed by atoms with Gasteiger partial charge in [-0.15, -0.1) is 0 Å². The van der Waals surface area contributed by atoms with E-state index in [-0.39, 0.29) is 19.1 Å². The maximum absolute atomic E-state index is 13.2. The van der Waals surface area contributed by atoms with Crippen LogP contribution in [0.1, 0.15) is 29.5 Å². The van der Waals surface area contributed by atoms with Crippen molar-refractivity contribution < 1.29 is 19.4 Å². The summed E-state index contributed by atoms with van der Waals surface area (Å²) >= 11 is 0. The van der Waals surface area contributed by atoms with Crippen molar-refractivity contribution in [2.45, 2.75) is 37.5 Å². The first-order valence-electron chi connectivity index (χ1n) is 9.62. The van der Waals surface area contributed by atoms with Crippen LogP contribution < -0.4 is 5.32 Å². The van der Waals surface area contributed by atoms with Crippen molar-refractivity contribution in [1.29, 1.82) is 0 Å². The van der Waals surface area contributed by atoms with E-state index in [4.69, 9.17) is 4.74 Å². The van der Waals surface area contributed by atoms with E-state index in [0.717, 1.165) is 34.4 Å². The quantitative estimate of drug-likeness (QED) is 0.754. The highest BCUT2D eigenvalue weighted by atomic mass is 16.5. The molecule has 2 aromatic carbocycles. The van der Waals surface area contributed by atoms with Gasteiger partial charge in [-0.05, 0) is 36.0 Å². The number of carbonyl (C=O) groups excluding carboxylic acids is 2. The van der Waals surface area contributed by atoms with Crippen LogP contribution in [0.15, 0.2) is 54.6 Å². The van der Waals surface area contributed by atoms with Crippen molar-refractivity contribution in [3.05, 3.63) is 71.3 Å². The Morgan fingerprint density at radius 3 is 2.68 bits per heavy atom. The predicted molar refractivity (Wildman–Crippen MR) is 103 cm³/mol. The van der Waals surface area contributed by atoms with Gasteiger partial charge in [0.1, 0.15) is 5.54 Å². The number of aliphatic hydroxyl groups is 1. The minimum Gasteiger partial charge on any atom is -0.389 e. The normalized spacial score (nSPS) is 22.2. The average Bonchev–Trinajstić information content (AvgIpc) is 2.94. The molecule has 0 aromatic heterocycles. The van der Waals surface area contributed by atoms with Gasteiger partial charge in [0.2, 0.25) is 0 Å². The van der Waals surface area contributed by atoms with Gasteiger partial charge < -0.3 is 15.2 Å². The van der Waals surface area contributed by atoms with Gasteiger partial charge in [-0.2, -0.15) is 0 Å². The van der Waals surface area contributed by atoms with Crippen LogP contribution in [0.5, 0.6) is 0 Å². The topological polar surface area (TPSA) is 78.9 Å². The summed E-state index contributed by atoms with van der Waals surface area (Å²) in [6.45, 7) is 0.342. The minimum absolute atomic E-state index is 0.0511. The number of imide groups is 1. The number of hydrogen-bond donors (Lipinski definition) is 2. The van der Waals surface area contributed by atoms with E-state index in [1.807, 2.05) is 54.6 Å². The minimum atomic E-state index is -1.00. The summed E-state index contributed by atoms with van der Waals surface area (Å²) in [5.41, 5.74) is 1.96. The first-order chi connectivity index (χ1) is 13.6. The number of carbonyl (C=O) groups is 2. The number of nitrogens with zero attached hydrogens (tertiary/aromatic N) is 1. The number of β-amino-alcohol motifs (C(OH)–C–C–N with tert-alkyl or cyclic N) is 1. The predicted octanol–water partition coefficient (Wildman–Crippen LogP) is 2.35. The molecule has 1 heterocycles. The molecule has 0 radical (unpaired) electrons. The molecule has 0 bridgehead atoms. The lowest BCUT2D eigenvalue weighted by molar-refractivity contribution is -0.133. The van der Waals surface area contributed by atoms with Gasteiger partial charge in [-0.1, -0.05) is 54.6 Å². The Bertz CT molecular complexity index is 870. The lowest BCUT2D eigenvalue weighted by Crippen LogP contribution is -2.47. The van der Waals surface area contributed by atoms with E-state index < -0.39 is 17.7 Å². The third-order valence-corrected chi connectivity index (χ3v) is 5.47. The molecule has 1 fully saturated rings. The molecular formula is C22H24N2O4. The van der Waals surface area contributed by atoms with Crippen molar-refractivity contribution in [2.75, 3.05) is 13.2 Å². The molecule has 0 unspecified atom stereocenters. The number of hydrogen-bond acceptors (Lipinski definition) is 4. The summed E-state index contributed by atoms with van der Waals surface area (Å²) in [4.78, 5) is 26.8. The Balaban J connectivity index is 1.41. The summed E-state index contributed by atoms with van der Waals surface area (Å²) in [6, 6.07) is 16.9. The van der Waals surface area contributed by atoms with Crippen molar-refractivity contribution >= 4 is 11.9 Å². The van der Waals surface area contributed by atoms with Crippen LogP contribution in [0.4, 0.5) is 4.79 Å². The maximum atomic E-state index is 13.2. The zero-order valence-electron chi connectivity index (χ0n) is 15.6. The second-order valence-corrected chi connectivity index (χ2v) is 7.42. The Labute approximate surface area is 164 Å². The number of urea groups is 1. The van der Waals surface area contributed by atoms with Crippen molar-refractivity contribution in [3.63, 3.8) is 0 Å². The molecule has 1 spiro atoms. The average molecular weight is 380 g/mol. The Morgan fingerprint density at radius 1 is 1.11 bits per heavy atom. The molecule has 2 aromatic rings. The molecule has 1 aliphatic carbocycles. The van der Waals surface area contributed by atoms with Crippen LogP contribution in [0.2, 0.25) is 0 Å². The van der Waals surface area contributed by atoms with Crippen LogP contribution in [0.3, 0.4) is 0 Å². The fraction of sp³-hybridized carbons (Fsp3) is 0.364. The first kappa shape index (κ1) is 18.7. The second-order valence-electron chi connectivity index (χ2n) is 7.42. The van der Waals surface area contributed by atoms with Crippen LogP contribution in [0, 0.1) is 0 Å². The van der Waals surface area contributed by atoms with E-state index >= 15 is 0 Å². The Kier molecular flexibility index (Phi) is 5.15. The van der Waals surface area contributed by atoms with E-state index in [1.165, 1.54) is 0 Å². The zero-order valence-corrected chi connectivity index (χ0v) is 15.6. The van der Waals surface area contributed by atoms with Gasteiger partial charge in [0.15, 0.2) is 0 Å². The number of aryl methyl sites for hydroxylation is 1. The number of rotatable bonds is 6. The van der Waals surface area contributed by atoms with Gasteiger partial charge in [0.25, 0.3) is 5.91 Å². The molecule has 2 aliphatic rings. The monoisotopic (exact) mass is 380 g/mol. The van der Waals surface area contributed by atoms with Crippen molar-refractivity contribution in [3.8, 4) is 0 Å². The molecule has 28 heavy (non-hydrogen) atoms. The van der Waals surface area contributed by atoms with E-state index in [2.05, 4.69) is 5.32 Å². The van der Waals surface area contributed by atoms with Gasteiger partial charge in [-0.25, -0.2) is 4.79 Å². The molecule has 146 valence electrons. The summed E-state index contributed by atoms with van der Waals surface area (Å²) in [6.07, 6.45) is 1.37. The van der Waals surface area contributed by atoms with E-state index in [9.17, 15) is 14.7 Å². The Hall–Kier alpha value is -2.70. The molecule has 3 amide bonds. The number of benzene rings is 2. The number of amides is 3. The molecule has 6 heteroatoms. The number of fused-ring (bicyclic) bond motifs is 2. The summed E-state index contributed by atoms with van der Waals surface area (Å²) in [5.74, 6) is -0.285. The highest BCUT2D eigenvalue weighted by Gasteiger charge is 2.54. The summed E-state index contributed by atoms with van der Waals surface area (Å²) in [5, 5.41) is 13.2. The van der Waals surface area contributed by atoms with Crippen LogP contribution in [0.25, 0.3) is 0 Å². The maximum Gasteiger partial charge on any atom is 0.325 e. The van der Waals surface area contributed by atoms with Crippen molar-refractivity contribution in [1.82, 2.24) is 10.2 Å². The molecule has 1 saturated heterocycles. The summed E-state index contributed by atoms with van der Waals surface area (Å²) in [7, 11) is 0. The van der Waals surface area contributed by atoms with Gasteiger partial charge in [0, 0.05) is 0 Å². The first-order valence-corrected chi connectivity index (χ1v) is 9.62. The highest BCUT2D eigenvalue weighted by molar-refractivity contribution is 6.07. The lowest BCUT2D eigenvalue weighted by Gasteiger charge is -2.33. The van der Waals surface area contributed by atoms with E-state index in [0.29, 0.717) is 13.0 Å². The second kappa shape index (κ2) is 7.73. The molecule has 2 N–H and O–H groups in total. The van der Waals surface area contributed by atoms with Gasteiger partial charge in [-0.3, -0.25) is 9.69 Å². The molecule has 1 aliphatic heterocycles. The Morgan fingerprint density at radius 2 is 1.86 bits per heavy atom. The third kappa shape index (κ3) is 3.41. The molecular weight excluding hydrogens is 356 g/mol. The molecule has 0 saturated carbocycles. The molecule has 2 atom stereocenters. The number of nitrogens with one attached hydrogen (secondary N) is 1. The number of aliphatic hydroxyl groups excluding tert-OH is 1. The van der Waals surface area contributed by atoms with Gasteiger partial charge >= 0.3 is 6.03 Å². The van der Waals surface area contributed by atoms with Crippen LogP contribution >= 0.6 is 0 Å². The third-order valence-electron chi connectivity index (χ3n) is 5.47. The highest BCUT2D eigenvalue weighted by Crippen LogP contribution is 2.39. The SMILES string of the molecule is O=C1N[C@]2(CCCc3ccccc32)C(=O)N1C[C@H](O)COCc1ccccc1. The van der Waals surface area contributed by atoms with E-state index in [1.54, 1.807) is 0 Å². The number of ether oxygens (including phenoxy) is 1. The standard InChI is InChI=1S/C22H24N2O4/c25-18(15-28-14-16-7-2-1-3-8-16)13-24-20(26)22(23-21(24)27)12-6-10-17-9-4-5-11-19(17)22/h1-5,7-9,11,18,25H,6,10,12-15H2,(H,23,27)/t18-,22-/m0/s1. The lowest BCUT2D eigenvalue weighted by atomic mass is 9.76. The molecule has 4 rings (SSSR count). The summed E-state index contributed by atoms with van der Waals surface area (Å²) < 4.78 is 5.54. The van der Waals surface area contributed by atoms with Crippen LogP contribution in [-0.2, 0) is 28.1 Å². The zero-order chi connectivity index (χ0) is 19.6. The largest absolute Gasteiger partial charge is 0.389 e. The van der Waals surface area contributed by atoms with Crippen molar-refractivity contribution in [2.24, 2.45) is 0 Å². The van der Waals surface area contributed by atoms with Crippen LogP contribution in [-0.4, -0.2) is 41.2 Å². The van der Waals surface area contributed by atoms with Gasteiger partial charge in [0.05, 0.1) is 25.9 Å². The fourth-order valence-electron chi connectivity index (χ4n) is 4.13. The fourth-order valence-corrected chi connectivity index (χ4v) is 4.13.